The number of isocyanates is 1. The Bertz CT molecular complexity index is 206. The maximum absolute atomic E-state index is 10.3. The van der Waals surface area contributed by atoms with Crippen LogP contribution in [0.1, 0.15) is 40.0 Å². The first-order chi connectivity index (χ1) is 6.15. The molecule has 0 radical (unpaired) electrons. The molecule has 13 heavy (non-hydrogen) atoms. The van der Waals surface area contributed by atoms with Crippen molar-refractivity contribution >= 4 is 6.08 Å². The van der Waals surface area contributed by atoms with Crippen LogP contribution >= 0.6 is 0 Å². The number of aliphatic imine (C=N–C) groups is 1. The molecule has 1 aliphatic rings. The van der Waals surface area contributed by atoms with Crippen molar-refractivity contribution in [1.29, 1.82) is 0 Å². The lowest BCUT2D eigenvalue weighted by Crippen LogP contribution is -2.30. The van der Waals surface area contributed by atoms with Crippen LogP contribution < -0.4 is 0 Å². The summed E-state index contributed by atoms with van der Waals surface area (Å²) in [5.74, 6) is 1.95. The summed E-state index contributed by atoms with van der Waals surface area (Å²) in [4.78, 5) is 14.2. The van der Waals surface area contributed by atoms with Gasteiger partial charge in [-0.1, -0.05) is 27.2 Å². The minimum absolute atomic E-state index is 0.237. The van der Waals surface area contributed by atoms with Gasteiger partial charge in [-0.3, -0.25) is 0 Å². The second-order valence-corrected chi connectivity index (χ2v) is 4.61. The smallest absolute Gasteiger partial charge is 0.211 e. The van der Waals surface area contributed by atoms with Gasteiger partial charge < -0.3 is 0 Å². The summed E-state index contributed by atoms with van der Waals surface area (Å²) < 4.78 is 0. The summed E-state index contributed by atoms with van der Waals surface area (Å²) in [6, 6.07) is 0.237. The highest BCUT2D eigenvalue weighted by atomic mass is 16.1. The molecule has 1 aliphatic carbocycles. The van der Waals surface area contributed by atoms with Gasteiger partial charge in [0.05, 0.1) is 6.04 Å². The maximum Gasteiger partial charge on any atom is 0.235 e. The average molecular weight is 181 g/mol. The van der Waals surface area contributed by atoms with E-state index < -0.39 is 0 Å². The van der Waals surface area contributed by atoms with E-state index in [-0.39, 0.29) is 6.04 Å². The van der Waals surface area contributed by atoms with Crippen LogP contribution in [-0.4, -0.2) is 12.1 Å². The summed E-state index contributed by atoms with van der Waals surface area (Å²) >= 11 is 0. The largest absolute Gasteiger partial charge is 0.235 e. The lowest BCUT2D eigenvalue weighted by Gasteiger charge is -2.33. The molecule has 1 fully saturated rings. The van der Waals surface area contributed by atoms with Crippen LogP contribution in [0, 0.1) is 17.8 Å². The highest BCUT2D eigenvalue weighted by molar-refractivity contribution is 5.33. The molecule has 0 spiro atoms. The monoisotopic (exact) mass is 181 g/mol. The fourth-order valence-electron chi connectivity index (χ4n) is 2.37. The van der Waals surface area contributed by atoms with Crippen LogP contribution in [-0.2, 0) is 4.79 Å². The van der Waals surface area contributed by atoms with E-state index in [1.54, 1.807) is 6.08 Å². The molecule has 0 saturated heterocycles. The maximum atomic E-state index is 10.3. The third kappa shape index (κ3) is 2.67. The van der Waals surface area contributed by atoms with Crippen molar-refractivity contribution in [2.45, 2.75) is 46.1 Å². The van der Waals surface area contributed by atoms with Gasteiger partial charge in [-0.05, 0) is 30.6 Å². The Labute approximate surface area is 80.4 Å². The Hall–Kier alpha value is -0.620. The number of carbonyl (C=O) groups excluding carboxylic acids is 1. The third-order valence-corrected chi connectivity index (χ3v) is 3.21. The van der Waals surface area contributed by atoms with E-state index in [0.717, 1.165) is 12.3 Å². The van der Waals surface area contributed by atoms with Crippen molar-refractivity contribution in [2.24, 2.45) is 22.7 Å². The van der Waals surface area contributed by atoms with E-state index >= 15 is 0 Å². The van der Waals surface area contributed by atoms with Crippen LogP contribution in [0.15, 0.2) is 4.99 Å². The fraction of sp³-hybridized carbons (Fsp3) is 0.909. The Kier molecular flexibility index (Phi) is 3.68. The van der Waals surface area contributed by atoms with Crippen LogP contribution in [0.2, 0.25) is 0 Å². The minimum atomic E-state index is 0.237. The van der Waals surface area contributed by atoms with Gasteiger partial charge in [-0.2, -0.15) is 0 Å². The van der Waals surface area contributed by atoms with E-state index in [9.17, 15) is 4.79 Å². The van der Waals surface area contributed by atoms with Gasteiger partial charge in [0.15, 0.2) is 0 Å². The molecule has 74 valence electrons. The summed E-state index contributed by atoms with van der Waals surface area (Å²) in [7, 11) is 0. The molecule has 0 aromatic carbocycles. The number of hydrogen-bond donors (Lipinski definition) is 0. The first kappa shape index (κ1) is 10.5. The predicted molar refractivity (Wildman–Crippen MR) is 53.3 cm³/mol. The topological polar surface area (TPSA) is 29.4 Å². The predicted octanol–water partition coefficient (Wildman–Crippen LogP) is 2.78. The van der Waals surface area contributed by atoms with E-state index in [1.165, 1.54) is 12.8 Å². The SMILES string of the molecule is CC(C)[C@H]1CC[C@@H](C)C[C@H]1N=C=O. The minimum Gasteiger partial charge on any atom is -0.211 e. The van der Waals surface area contributed by atoms with Crippen molar-refractivity contribution in [3.63, 3.8) is 0 Å². The van der Waals surface area contributed by atoms with Crippen LogP contribution in [0.25, 0.3) is 0 Å². The molecule has 0 aromatic rings. The summed E-state index contributed by atoms with van der Waals surface area (Å²) in [5.41, 5.74) is 0. The van der Waals surface area contributed by atoms with Crippen LogP contribution in [0.5, 0.6) is 0 Å². The molecule has 0 amide bonds. The molecule has 0 heterocycles. The second kappa shape index (κ2) is 4.57. The van der Waals surface area contributed by atoms with E-state index in [1.807, 2.05) is 0 Å². The highest BCUT2D eigenvalue weighted by Gasteiger charge is 2.30. The molecule has 0 unspecified atom stereocenters. The first-order valence-corrected chi connectivity index (χ1v) is 5.22. The molecular formula is C11H19NO. The van der Waals surface area contributed by atoms with Gasteiger partial charge >= 0.3 is 0 Å². The molecule has 0 N–H and O–H groups in total. The third-order valence-electron chi connectivity index (χ3n) is 3.21. The molecule has 1 saturated carbocycles. The zero-order valence-corrected chi connectivity index (χ0v) is 8.79. The van der Waals surface area contributed by atoms with Crippen molar-refractivity contribution in [2.75, 3.05) is 0 Å². The van der Waals surface area contributed by atoms with Crippen molar-refractivity contribution in [3.8, 4) is 0 Å². The lowest BCUT2D eigenvalue weighted by atomic mass is 9.74. The molecule has 0 aromatic heterocycles. The molecular weight excluding hydrogens is 162 g/mol. The summed E-state index contributed by atoms with van der Waals surface area (Å²) in [6.07, 6.45) is 5.29. The van der Waals surface area contributed by atoms with Gasteiger partial charge in [0.2, 0.25) is 6.08 Å². The number of rotatable bonds is 2. The summed E-state index contributed by atoms with van der Waals surface area (Å²) in [5, 5.41) is 0. The Morgan fingerprint density at radius 2 is 2.08 bits per heavy atom. The van der Waals surface area contributed by atoms with Crippen LogP contribution in [0.4, 0.5) is 0 Å². The Morgan fingerprint density at radius 1 is 1.38 bits per heavy atom. The Morgan fingerprint density at radius 3 is 2.62 bits per heavy atom. The molecule has 3 atom stereocenters. The van der Waals surface area contributed by atoms with Gasteiger partial charge in [-0.15, -0.1) is 0 Å². The molecule has 2 heteroatoms. The van der Waals surface area contributed by atoms with E-state index in [4.69, 9.17) is 0 Å². The molecule has 0 aliphatic heterocycles. The molecule has 2 nitrogen and oxygen atoms in total. The fourth-order valence-corrected chi connectivity index (χ4v) is 2.37. The second-order valence-electron chi connectivity index (χ2n) is 4.61. The van der Waals surface area contributed by atoms with Crippen LogP contribution in [0.3, 0.4) is 0 Å². The van der Waals surface area contributed by atoms with E-state index in [2.05, 4.69) is 25.8 Å². The zero-order chi connectivity index (χ0) is 9.84. The number of nitrogens with zero attached hydrogens (tertiary/aromatic N) is 1. The first-order valence-electron chi connectivity index (χ1n) is 5.22. The van der Waals surface area contributed by atoms with Gasteiger partial charge in [0.25, 0.3) is 0 Å². The normalized spacial score (nSPS) is 34.3. The Balaban J connectivity index is 2.65. The standard InChI is InChI=1S/C11H19NO/c1-8(2)10-5-4-9(3)6-11(10)12-7-13/h8-11H,4-6H2,1-3H3/t9-,10-,11-/m1/s1. The quantitative estimate of drug-likeness (QED) is 0.476. The van der Waals surface area contributed by atoms with Crippen molar-refractivity contribution in [3.05, 3.63) is 0 Å². The number of hydrogen-bond acceptors (Lipinski definition) is 2. The van der Waals surface area contributed by atoms with Crippen molar-refractivity contribution < 1.29 is 4.79 Å². The van der Waals surface area contributed by atoms with Gasteiger partial charge in [0.1, 0.15) is 0 Å². The average Bonchev–Trinajstić information content (AvgIpc) is 2.04. The van der Waals surface area contributed by atoms with Gasteiger partial charge in [0, 0.05) is 0 Å². The zero-order valence-electron chi connectivity index (χ0n) is 8.79. The molecule has 0 bridgehead atoms. The van der Waals surface area contributed by atoms with Crippen molar-refractivity contribution in [1.82, 2.24) is 0 Å². The lowest BCUT2D eigenvalue weighted by molar-refractivity contribution is 0.201. The molecule has 1 rings (SSSR count). The highest BCUT2D eigenvalue weighted by Crippen LogP contribution is 2.34. The van der Waals surface area contributed by atoms with Gasteiger partial charge in [-0.25, -0.2) is 9.79 Å². The van der Waals surface area contributed by atoms with E-state index in [0.29, 0.717) is 11.8 Å². The summed E-state index contributed by atoms with van der Waals surface area (Å²) in [6.45, 7) is 6.67.